The van der Waals surface area contributed by atoms with Gasteiger partial charge in [0.15, 0.2) is 0 Å². The number of carbonyl (C=O) groups is 1. The summed E-state index contributed by atoms with van der Waals surface area (Å²) in [6.07, 6.45) is -0.262. The van der Waals surface area contributed by atoms with Gasteiger partial charge in [-0.25, -0.2) is 4.79 Å². The molecule has 1 saturated heterocycles. The van der Waals surface area contributed by atoms with E-state index in [1.54, 1.807) is 4.90 Å². The molecule has 1 fully saturated rings. The first-order valence-electron chi connectivity index (χ1n) is 10.0. The van der Waals surface area contributed by atoms with E-state index in [2.05, 4.69) is 4.90 Å². The summed E-state index contributed by atoms with van der Waals surface area (Å²) in [7, 11) is 0. The van der Waals surface area contributed by atoms with Crippen molar-refractivity contribution < 1.29 is 14.3 Å². The van der Waals surface area contributed by atoms with Crippen LogP contribution in [0, 0.1) is 0 Å². The highest BCUT2D eigenvalue weighted by atomic mass is 16.6. The summed E-state index contributed by atoms with van der Waals surface area (Å²) in [6, 6.07) is 15.9. The lowest BCUT2D eigenvalue weighted by atomic mass is 10.1. The minimum absolute atomic E-state index is 0.0343. The van der Waals surface area contributed by atoms with Gasteiger partial charge in [0, 0.05) is 31.7 Å². The Morgan fingerprint density at radius 3 is 2.48 bits per heavy atom. The number of ether oxygens (including phenoxy) is 2. The maximum absolute atomic E-state index is 12.4. The van der Waals surface area contributed by atoms with E-state index in [9.17, 15) is 4.79 Å². The van der Waals surface area contributed by atoms with Gasteiger partial charge in [-0.3, -0.25) is 0 Å². The smallest absolute Gasteiger partial charge is 0.410 e. The van der Waals surface area contributed by atoms with Gasteiger partial charge in [0.2, 0.25) is 0 Å². The molecule has 156 valence electrons. The van der Waals surface area contributed by atoms with Crippen molar-refractivity contribution in [2.24, 2.45) is 0 Å². The quantitative estimate of drug-likeness (QED) is 0.780. The van der Waals surface area contributed by atoms with Crippen molar-refractivity contribution >= 4 is 17.5 Å². The summed E-state index contributed by atoms with van der Waals surface area (Å²) in [5.41, 5.74) is 8.58. The third kappa shape index (κ3) is 5.56. The Kier molecular flexibility index (Phi) is 6.20. The van der Waals surface area contributed by atoms with Crippen LogP contribution in [0.25, 0.3) is 0 Å². The third-order valence-corrected chi connectivity index (χ3v) is 4.84. The average molecular weight is 398 g/mol. The van der Waals surface area contributed by atoms with Gasteiger partial charge in [0.05, 0.1) is 11.4 Å². The maximum atomic E-state index is 12.4. The second-order valence-electron chi connectivity index (χ2n) is 8.46. The van der Waals surface area contributed by atoms with Gasteiger partial charge in [-0.15, -0.1) is 0 Å². The summed E-state index contributed by atoms with van der Waals surface area (Å²) in [6.45, 7) is 10.2. The van der Waals surface area contributed by atoms with E-state index < -0.39 is 5.60 Å². The summed E-state index contributed by atoms with van der Waals surface area (Å²) in [5, 5.41) is 0. The van der Waals surface area contributed by atoms with Crippen molar-refractivity contribution in [2.45, 2.75) is 45.9 Å². The molecule has 6 heteroatoms. The first-order valence-corrected chi connectivity index (χ1v) is 10.0. The molecular formula is C23H31N3O3. The maximum Gasteiger partial charge on any atom is 0.410 e. The van der Waals surface area contributed by atoms with Crippen LogP contribution in [-0.2, 0) is 11.3 Å². The number of nitrogens with zero attached hydrogens (tertiary/aromatic N) is 2. The molecule has 1 heterocycles. The molecule has 0 aliphatic carbocycles. The van der Waals surface area contributed by atoms with E-state index in [1.807, 2.05) is 76.2 Å². The van der Waals surface area contributed by atoms with Gasteiger partial charge in [-0.1, -0.05) is 30.3 Å². The molecule has 1 atom stereocenters. The predicted octanol–water partition coefficient (Wildman–Crippen LogP) is 4.29. The second kappa shape index (κ2) is 8.64. The monoisotopic (exact) mass is 397 g/mol. The Morgan fingerprint density at radius 2 is 1.86 bits per heavy atom. The van der Waals surface area contributed by atoms with Gasteiger partial charge in [0.1, 0.15) is 18.0 Å². The van der Waals surface area contributed by atoms with Crippen molar-refractivity contribution in [1.82, 2.24) is 4.90 Å². The zero-order valence-corrected chi connectivity index (χ0v) is 17.7. The van der Waals surface area contributed by atoms with Crippen LogP contribution >= 0.6 is 0 Å². The van der Waals surface area contributed by atoms with Crippen molar-refractivity contribution in [3.63, 3.8) is 0 Å². The van der Waals surface area contributed by atoms with Crippen LogP contribution in [-0.4, -0.2) is 42.3 Å². The predicted molar refractivity (Wildman–Crippen MR) is 116 cm³/mol. The van der Waals surface area contributed by atoms with Crippen LogP contribution in [0.4, 0.5) is 16.2 Å². The first kappa shape index (κ1) is 20.8. The molecule has 6 nitrogen and oxygen atoms in total. The summed E-state index contributed by atoms with van der Waals surface area (Å²) in [5.74, 6) is 0.746. The third-order valence-electron chi connectivity index (χ3n) is 4.84. The Hall–Kier alpha value is -2.89. The Labute approximate surface area is 173 Å². The molecule has 2 N–H and O–H groups in total. The molecule has 3 rings (SSSR count). The number of nitrogens with two attached hydrogens (primary N) is 1. The van der Waals surface area contributed by atoms with Crippen LogP contribution in [0.15, 0.2) is 48.5 Å². The van der Waals surface area contributed by atoms with Crippen molar-refractivity contribution in [3.05, 3.63) is 54.1 Å². The highest BCUT2D eigenvalue weighted by Crippen LogP contribution is 2.30. The SMILES string of the molecule is C[C@H]1CN(c2ccc(OCc3ccccc3)cc2N)CCN1C(=O)OC(C)(C)C. The number of hydrogen-bond donors (Lipinski definition) is 1. The fraction of sp³-hybridized carbons (Fsp3) is 0.435. The molecule has 0 saturated carbocycles. The van der Waals surface area contributed by atoms with Gasteiger partial charge < -0.3 is 25.0 Å². The molecule has 1 aliphatic heterocycles. The Morgan fingerprint density at radius 1 is 1.14 bits per heavy atom. The van der Waals surface area contributed by atoms with E-state index in [1.165, 1.54) is 0 Å². The van der Waals surface area contributed by atoms with Crippen LogP contribution < -0.4 is 15.4 Å². The second-order valence-corrected chi connectivity index (χ2v) is 8.46. The van der Waals surface area contributed by atoms with E-state index in [0.717, 1.165) is 17.0 Å². The Balaban J connectivity index is 1.60. The number of rotatable bonds is 4. The standard InChI is InChI=1S/C23H31N3O3/c1-17-15-25(12-13-26(17)22(27)29-23(2,3)4)21-11-10-19(14-20(21)24)28-16-18-8-6-5-7-9-18/h5-11,14,17H,12-13,15-16,24H2,1-4H3/t17-/m0/s1. The van der Waals surface area contributed by atoms with Gasteiger partial charge in [-0.05, 0) is 45.4 Å². The first-order chi connectivity index (χ1) is 13.7. The number of carbonyl (C=O) groups excluding carboxylic acids is 1. The highest BCUT2D eigenvalue weighted by molar-refractivity contribution is 5.72. The fourth-order valence-corrected chi connectivity index (χ4v) is 3.42. The molecule has 1 amide bonds. The molecular weight excluding hydrogens is 366 g/mol. The van der Waals surface area contributed by atoms with Crippen molar-refractivity contribution in [1.29, 1.82) is 0 Å². The molecule has 2 aromatic carbocycles. The number of benzene rings is 2. The molecule has 1 aliphatic rings. The van der Waals surface area contributed by atoms with Gasteiger partial charge in [0.25, 0.3) is 0 Å². The van der Waals surface area contributed by atoms with Crippen LogP contribution in [0.3, 0.4) is 0 Å². The van der Waals surface area contributed by atoms with Gasteiger partial charge in [-0.2, -0.15) is 0 Å². The molecule has 0 unspecified atom stereocenters. The Bertz CT molecular complexity index is 833. The van der Waals surface area contributed by atoms with E-state index in [0.29, 0.717) is 31.9 Å². The lowest BCUT2D eigenvalue weighted by Crippen LogP contribution is -2.55. The number of anilines is 2. The number of nitrogen functional groups attached to an aromatic ring is 1. The summed E-state index contributed by atoms with van der Waals surface area (Å²) >= 11 is 0. The lowest BCUT2D eigenvalue weighted by Gasteiger charge is -2.41. The van der Waals surface area contributed by atoms with Gasteiger partial charge >= 0.3 is 6.09 Å². The minimum Gasteiger partial charge on any atom is -0.489 e. The molecule has 0 aromatic heterocycles. The van der Waals surface area contributed by atoms with E-state index >= 15 is 0 Å². The molecule has 0 spiro atoms. The van der Waals surface area contributed by atoms with Crippen LogP contribution in [0.5, 0.6) is 5.75 Å². The number of amides is 1. The topological polar surface area (TPSA) is 68.0 Å². The van der Waals surface area contributed by atoms with E-state index in [4.69, 9.17) is 15.2 Å². The van der Waals surface area contributed by atoms with Crippen LogP contribution in [0.1, 0.15) is 33.3 Å². The zero-order valence-electron chi connectivity index (χ0n) is 17.7. The number of hydrogen-bond acceptors (Lipinski definition) is 5. The lowest BCUT2D eigenvalue weighted by molar-refractivity contribution is 0.0159. The van der Waals surface area contributed by atoms with Crippen molar-refractivity contribution in [2.75, 3.05) is 30.3 Å². The highest BCUT2D eigenvalue weighted by Gasteiger charge is 2.31. The zero-order chi connectivity index (χ0) is 21.0. The normalized spacial score (nSPS) is 17.2. The molecule has 0 bridgehead atoms. The largest absolute Gasteiger partial charge is 0.489 e. The van der Waals surface area contributed by atoms with Crippen molar-refractivity contribution in [3.8, 4) is 5.75 Å². The molecule has 0 radical (unpaired) electrons. The summed E-state index contributed by atoms with van der Waals surface area (Å²) in [4.78, 5) is 16.4. The molecule has 2 aromatic rings. The fourth-order valence-electron chi connectivity index (χ4n) is 3.42. The summed E-state index contributed by atoms with van der Waals surface area (Å²) < 4.78 is 11.4. The van der Waals surface area contributed by atoms with E-state index in [-0.39, 0.29) is 12.1 Å². The minimum atomic E-state index is -0.492. The van der Waals surface area contributed by atoms with Crippen LogP contribution in [0.2, 0.25) is 0 Å². The average Bonchev–Trinajstić information content (AvgIpc) is 2.65. The molecule has 29 heavy (non-hydrogen) atoms. The number of piperazine rings is 1.